The monoisotopic (exact) mass is 372 g/mol. The summed E-state index contributed by atoms with van der Waals surface area (Å²) in [6.07, 6.45) is 3.78. The first-order valence-electron chi connectivity index (χ1n) is 8.78. The molecule has 3 heteroatoms. The maximum absolute atomic E-state index is 5.81. The molecule has 2 nitrogen and oxygen atoms in total. The van der Waals surface area contributed by atoms with E-state index in [4.69, 9.17) is 11.6 Å². The minimum atomic E-state index is 0.758. The van der Waals surface area contributed by atoms with Crippen molar-refractivity contribution in [3.63, 3.8) is 0 Å². The third-order valence-corrected chi connectivity index (χ3v) is 4.36. The Kier molecular flexibility index (Phi) is 6.35. The van der Waals surface area contributed by atoms with Gasteiger partial charge in [-0.05, 0) is 49.2 Å². The molecule has 134 valence electrons. The van der Waals surface area contributed by atoms with Crippen molar-refractivity contribution in [3.05, 3.63) is 108 Å². The van der Waals surface area contributed by atoms with Gasteiger partial charge in [0.2, 0.25) is 0 Å². The van der Waals surface area contributed by atoms with Crippen molar-refractivity contribution in [2.45, 2.75) is 13.8 Å². The first-order valence-corrected chi connectivity index (χ1v) is 9.16. The molecule has 0 saturated carbocycles. The van der Waals surface area contributed by atoms with Crippen LogP contribution in [0.15, 0.2) is 91.3 Å². The van der Waals surface area contributed by atoms with Gasteiger partial charge < -0.3 is 0 Å². The molecule has 4 rings (SSSR count). The zero-order valence-electron chi connectivity index (χ0n) is 15.4. The maximum Gasteiger partial charge on any atom is 0.0406 e. The average molecular weight is 373 g/mol. The Hall–Kier alpha value is -2.97. The third kappa shape index (κ3) is 5.50. The first-order chi connectivity index (χ1) is 13.1. The van der Waals surface area contributed by atoms with Crippen molar-refractivity contribution >= 4 is 11.6 Å². The van der Waals surface area contributed by atoms with E-state index in [1.165, 1.54) is 11.1 Å². The summed E-state index contributed by atoms with van der Waals surface area (Å²) >= 11 is 5.81. The van der Waals surface area contributed by atoms with Crippen LogP contribution in [0.5, 0.6) is 0 Å². The molecule has 0 radical (unpaired) electrons. The second kappa shape index (κ2) is 9.11. The largest absolute Gasteiger partial charge is 0.261 e. The lowest BCUT2D eigenvalue weighted by atomic mass is 10.1. The van der Waals surface area contributed by atoms with Gasteiger partial charge in [0.15, 0.2) is 0 Å². The van der Waals surface area contributed by atoms with Gasteiger partial charge >= 0.3 is 0 Å². The van der Waals surface area contributed by atoms with Crippen LogP contribution in [-0.2, 0) is 0 Å². The molecule has 0 bridgehead atoms. The van der Waals surface area contributed by atoms with Gasteiger partial charge in [-0.1, -0.05) is 66.2 Å². The topological polar surface area (TPSA) is 25.8 Å². The molecule has 0 unspecified atom stereocenters. The number of hydrogen-bond acceptors (Lipinski definition) is 2. The molecule has 0 fully saturated rings. The van der Waals surface area contributed by atoms with Gasteiger partial charge in [-0.25, -0.2) is 0 Å². The molecule has 4 aromatic rings. The summed E-state index contributed by atoms with van der Waals surface area (Å²) in [5.41, 5.74) is 6.73. The molecular formula is C24H21ClN2. The Morgan fingerprint density at radius 2 is 0.963 bits per heavy atom. The van der Waals surface area contributed by atoms with Gasteiger partial charge in [0.1, 0.15) is 0 Å². The van der Waals surface area contributed by atoms with Gasteiger partial charge in [-0.2, -0.15) is 0 Å². The fourth-order valence-electron chi connectivity index (χ4n) is 2.55. The van der Waals surface area contributed by atoms with Gasteiger partial charge in [0.05, 0.1) is 0 Å². The van der Waals surface area contributed by atoms with Crippen LogP contribution in [0, 0.1) is 13.8 Å². The van der Waals surface area contributed by atoms with Gasteiger partial charge in [0, 0.05) is 39.9 Å². The molecule has 0 aliphatic rings. The Labute approximate surface area is 165 Å². The lowest BCUT2D eigenvalue weighted by Crippen LogP contribution is -1.82. The number of pyridine rings is 2. The summed E-state index contributed by atoms with van der Waals surface area (Å²) in [6, 6.07) is 26.2. The van der Waals surface area contributed by atoms with Crippen LogP contribution in [0.1, 0.15) is 11.4 Å². The number of benzene rings is 2. The molecule has 0 saturated heterocycles. The highest BCUT2D eigenvalue weighted by Gasteiger charge is 1.97. The highest BCUT2D eigenvalue weighted by molar-refractivity contribution is 6.30. The van der Waals surface area contributed by atoms with Gasteiger partial charge in [-0.15, -0.1) is 0 Å². The molecule has 0 amide bonds. The van der Waals surface area contributed by atoms with E-state index < -0.39 is 0 Å². The average Bonchev–Trinajstić information content (AvgIpc) is 2.71. The van der Waals surface area contributed by atoms with E-state index in [0.717, 1.165) is 27.5 Å². The van der Waals surface area contributed by atoms with E-state index in [-0.39, 0.29) is 0 Å². The van der Waals surface area contributed by atoms with Crippen molar-refractivity contribution < 1.29 is 0 Å². The number of halogens is 1. The fraction of sp³-hybridized carbons (Fsp3) is 0.0833. The first kappa shape index (κ1) is 18.8. The summed E-state index contributed by atoms with van der Waals surface area (Å²) in [5, 5.41) is 0.758. The van der Waals surface area contributed by atoms with E-state index in [0.29, 0.717) is 0 Å². The minimum Gasteiger partial charge on any atom is -0.261 e. The summed E-state index contributed by atoms with van der Waals surface area (Å²) in [6.45, 7) is 3.97. The highest BCUT2D eigenvalue weighted by atomic mass is 35.5. The van der Waals surface area contributed by atoms with E-state index in [9.17, 15) is 0 Å². The zero-order valence-corrected chi connectivity index (χ0v) is 16.2. The van der Waals surface area contributed by atoms with E-state index >= 15 is 0 Å². The lowest BCUT2D eigenvalue weighted by molar-refractivity contribution is 1.20. The number of rotatable bonds is 2. The molecular weight excluding hydrogens is 352 g/mol. The Morgan fingerprint density at radius 3 is 1.41 bits per heavy atom. The zero-order chi connectivity index (χ0) is 19.1. The predicted molar refractivity (Wildman–Crippen MR) is 114 cm³/mol. The number of hydrogen-bond donors (Lipinski definition) is 0. The number of aromatic nitrogens is 2. The van der Waals surface area contributed by atoms with Crippen LogP contribution >= 0.6 is 11.6 Å². The second-order valence-electron chi connectivity index (χ2n) is 6.25. The predicted octanol–water partition coefficient (Wildman–Crippen LogP) is 6.77. The smallest absolute Gasteiger partial charge is 0.0406 e. The van der Waals surface area contributed by atoms with Crippen molar-refractivity contribution in [1.29, 1.82) is 0 Å². The van der Waals surface area contributed by atoms with Crippen molar-refractivity contribution in [3.8, 4) is 22.3 Å². The summed E-state index contributed by atoms with van der Waals surface area (Å²) in [4.78, 5) is 8.50. The van der Waals surface area contributed by atoms with Crippen LogP contribution < -0.4 is 0 Å². The van der Waals surface area contributed by atoms with E-state index in [1.54, 1.807) is 0 Å². The Bertz CT molecular complexity index is 918. The summed E-state index contributed by atoms with van der Waals surface area (Å²) in [5.74, 6) is 0. The lowest BCUT2D eigenvalue weighted by Gasteiger charge is -2.01. The fourth-order valence-corrected chi connectivity index (χ4v) is 2.68. The SMILES string of the molecule is Cc1ccc(-c2ccc(Cl)cc2)cn1.Cc1ccc(-c2ccccc2)cn1. The normalized spacial score (nSPS) is 10.0. The summed E-state index contributed by atoms with van der Waals surface area (Å²) in [7, 11) is 0. The third-order valence-electron chi connectivity index (χ3n) is 4.11. The second-order valence-corrected chi connectivity index (χ2v) is 6.69. The summed E-state index contributed by atoms with van der Waals surface area (Å²) < 4.78 is 0. The van der Waals surface area contributed by atoms with Crippen LogP contribution in [-0.4, -0.2) is 9.97 Å². The molecule has 0 aliphatic heterocycles. The molecule has 27 heavy (non-hydrogen) atoms. The van der Waals surface area contributed by atoms with Crippen LogP contribution in [0.25, 0.3) is 22.3 Å². The van der Waals surface area contributed by atoms with Gasteiger partial charge in [-0.3, -0.25) is 9.97 Å². The molecule has 0 aliphatic carbocycles. The van der Waals surface area contributed by atoms with E-state index in [1.807, 2.05) is 80.8 Å². The van der Waals surface area contributed by atoms with Crippen LogP contribution in [0.2, 0.25) is 5.02 Å². The molecule has 2 heterocycles. The molecule has 0 spiro atoms. The van der Waals surface area contributed by atoms with Crippen molar-refractivity contribution in [2.75, 3.05) is 0 Å². The highest BCUT2D eigenvalue weighted by Crippen LogP contribution is 2.20. The molecule has 2 aromatic heterocycles. The molecule has 0 atom stereocenters. The maximum atomic E-state index is 5.81. The minimum absolute atomic E-state index is 0.758. The molecule has 2 aromatic carbocycles. The molecule has 0 N–H and O–H groups in total. The van der Waals surface area contributed by atoms with Crippen LogP contribution in [0.4, 0.5) is 0 Å². The Balaban J connectivity index is 0.000000156. The standard InChI is InChI=1S/C12H10ClN.C12H11N/c1-9-2-3-11(8-14-9)10-4-6-12(13)7-5-10;1-10-7-8-12(9-13-10)11-5-3-2-4-6-11/h2-8H,1H3;2-9H,1H3. The number of nitrogens with zero attached hydrogens (tertiary/aromatic N) is 2. The Morgan fingerprint density at radius 1 is 0.519 bits per heavy atom. The van der Waals surface area contributed by atoms with Gasteiger partial charge in [0.25, 0.3) is 0 Å². The van der Waals surface area contributed by atoms with Crippen LogP contribution in [0.3, 0.4) is 0 Å². The van der Waals surface area contributed by atoms with Crippen molar-refractivity contribution in [2.24, 2.45) is 0 Å². The van der Waals surface area contributed by atoms with E-state index in [2.05, 4.69) is 34.2 Å². The van der Waals surface area contributed by atoms with Crippen molar-refractivity contribution in [1.82, 2.24) is 9.97 Å². The quantitative estimate of drug-likeness (QED) is 0.388. The number of aryl methyl sites for hydroxylation is 2.